The zero-order valence-electron chi connectivity index (χ0n) is 13.0. The molecular formula is C16H19N5O2. The highest BCUT2D eigenvalue weighted by molar-refractivity contribution is 5.92. The molecule has 2 aliphatic rings. The van der Waals surface area contributed by atoms with Gasteiger partial charge in [-0.2, -0.15) is 5.10 Å². The number of hydrogen-bond acceptors (Lipinski definition) is 4. The molecule has 2 aromatic rings. The summed E-state index contributed by atoms with van der Waals surface area (Å²) in [5, 5.41) is 7.23. The average molecular weight is 313 g/mol. The van der Waals surface area contributed by atoms with Crippen molar-refractivity contribution in [1.82, 2.24) is 25.1 Å². The van der Waals surface area contributed by atoms with E-state index >= 15 is 0 Å². The van der Waals surface area contributed by atoms with E-state index in [1.54, 1.807) is 6.20 Å². The first-order valence-corrected chi connectivity index (χ1v) is 8.06. The van der Waals surface area contributed by atoms with Crippen LogP contribution in [0.25, 0.3) is 0 Å². The summed E-state index contributed by atoms with van der Waals surface area (Å²) in [5.41, 5.74) is 0.857. The van der Waals surface area contributed by atoms with Crippen LogP contribution in [0.5, 0.6) is 0 Å². The van der Waals surface area contributed by atoms with E-state index in [4.69, 9.17) is 0 Å². The van der Waals surface area contributed by atoms with Crippen molar-refractivity contribution >= 4 is 5.91 Å². The van der Waals surface area contributed by atoms with Crippen molar-refractivity contribution in [3.8, 4) is 0 Å². The minimum Gasteiger partial charge on any atom is -0.344 e. The molecule has 2 aromatic heterocycles. The second-order valence-electron chi connectivity index (χ2n) is 6.47. The molecular weight excluding hydrogens is 294 g/mol. The molecule has 0 aliphatic heterocycles. The van der Waals surface area contributed by atoms with Crippen LogP contribution in [-0.4, -0.2) is 25.7 Å². The van der Waals surface area contributed by atoms with E-state index in [1.807, 2.05) is 17.8 Å². The van der Waals surface area contributed by atoms with Crippen molar-refractivity contribution in [2.45, 2.75) is 50.6 Å². The standard InChI is InChI=1S/C16H19N5O2/c1-9(11-7-17-21(8-11)12-4-5-12)18-16(23)13-6-14(22)20-15(19-13)10-2-3-10/h6-10,12H,2-5H2,1H3,(H,18,23)(H,19,20,22). The Morgan fingerprint density at radius 2 is 2.17 bits per heavy atom. The van der Waals surface area contributed by atoms with Crippen LogP contribution in [0.2, 0.25) is 0 Å². The van der Waals surface area contributed by atoms with Gasteiger partial charge in [-0.15, -0.1) is 0 Å². The molecule has 120 valence electrons. The molecule has 7 nitrogen and oxygen atoms in total. The third-order valence-electron chi connectivity index (χ3n) is 4.35. The van der Waals surface area contributed by atoms with Gasteiger partial charge < -0.3 is 10.3 Å². The Bertz CT molecular complexity index is 801. The van der Waals surface area contributed by atoms with Gasteiger partial charge >= 0.3 is 0 Å². The summed E-state index contributed by atoms with van der Waals surface area (Å²) in [7, 11) is 0. The van der Waals surface area contributed by atoms with Crippen LogP contribution >= 0.6 is 0 Å². The molecule has 2 saturated carbocycles. The van der Waals surface area contributed by atoms with Gasteiger partial charge in [0.2, 0.25) is 0 Å². The number of carbonyl (C=O) groups excluding carboxylic acids is 1. The first-order valence-electron chi connectivity index (χ1n) is 8.06. The Balaban J connectivity index is 1.48. The number of nitrogens with zero attached hydrogens (tertiary/aromatic N) is 3. The van der Waals surface area contributed by atoms with Crippen molar-refractivity contribution in [3.63, 3.8) is 0 Å². The lowest BCUT2D eigenvalue weighted by Gasteiger charge is -2.12. The summed E-state index contributed by atoms with van der Waals surface area (Å²) in [6.45, 7) is 1.90. The molecule has 1 atom stereocenters. The maximum Gasteiger partial charge on any atom is 0.270 e. The normalized spacial score (nSPS) is 18.7. The summed E-state index contributed by atoms with van der Waals surface area (Å²) >= 11 is 0. The second kappa shape index (κ2) is 5.33. The third kappa shape index (κ3) is 3.04. The maximum absolute atomic E-state index is 12.4. The van der Waals surface area contributed by atoms with E-state index in [0.717, 1.165) is 18.4 Å². The third-order valence-corrected chi connectivity index (χ3v) is 4.35. The molecule has 2 aliphatic carbocycles. The Kier molecular flexibility index (Phi) is 3.28. The number of rotatable bonds is 5. The topological polar surface area (TPSA) is 92.7 Å². The van der Waals surface area contributed by atoms with Crippen LogP contribution in [0.3, 0.4) is 0 Å². The molecule has 2 heterocycles. The zero-order valence-corrected chi connectivity index (χ0v) is 13.0. The predicted octanol–water partition coefficient (Wildman–Crippen LogP) is 1.67. The molecule has 0 saturated heterocycles. The molecule has 4 rings (SSSR count). The van der Waals surface area contributed by atoms with Gasteiger partial charge in [-0.05, 0) is 32.6 Å². The molecule has 0 radical (unpaired) electrons. The highest BCUT2D eigenvalue weighted by Crippen LogP contribution is 2.37. The molecule has 0 bridgehead atoms. The number of aromatic amines is 1. The number of H-pyrrole nitrogens is 1. The Hall–Kier alpha value is -2.44. The number of hydrogen-bond donors (Lipinski definition) is 2. The predicted molar refractivity (Wildman–Crippen MR) is 83.2 cm³/mol. The van der Waals surface area contributed by atoms with Gasteiger partial charge in [-0.3, -0.25) is 14.3 Å². The van der Waals surface area contributed by atoms with Gasteiger partial charge in [-0.25, -0.2) is 4.98 Å². The Morgan fingerprint density at radius 3 is 2.87 bits per heavy atom. The van der Waals surface area contributed by atoms with Gasteiger partial charge in [0.25, 0.3) is 11.5 Å². The summed E-state index contributed by atoms with van der Waals surface area (Å²) in [4.78, 5) is 31.1. The summed E-state index contributed by atoms with van der Waals surface area (Å²) in [6, 6.07) is 1.59. The average Bonchev–Trinajstić information content (AvgIpc) is 3.45. The van der Waals surface area contributed by atoms with Crippen molar-refractivity contribution in [2.24, 2.45) is 0 Å². The van der Waals surface area contributed by atoms with E-state index < -0.39 is 0 Å². The SMILES string of the molecule is CC(NC(=O)c1cc(=O)[nH]c(C2CC2)n1)c1cnn(C2CC2)c1. The first-order chi connectivity index (χ1) is 11.1. The fourth-order valence-corrected chi connectivity index (χ4v) is 2.61. The van der Waals surface area contributed by atoms with Crippen molar-refractivity contribution in [1.29, 1.82) is 0 Å². The molecule has 2 N–H and O–H groups in total. The molecule has 0 spiro atoms. The van der Waals surface area contributed by atoms with Gasteiger partial charge in [0, 0.05) is 23.7 Å². The molecule has 7 heteroatoms. The highest BCUT2D eigenvalue weighted by Gasteiger charge is 2.28. The van der Waals surface area contributed by atoms with Gasteiger partial charge in [0.15, 0.2) is 0 Å². The molecule has 2 fully saturated rings. The van der Waals surface area contributed by atoms with Gasteiger partial charge in [0.1, 0.15) is 11.5 Å². The van der Waals surface area contributed by atoms with E-state index in [1.165, 1.54) is 18.9 Å². The second-order valence-corrected chi connectivity index (χ2v) is 6.47. The fraction of sp³-hybridized carbons (Fsp3) is 0.500. The minimum atomic E-state index is -0.329. The number of nitrogens with one attached hydrogen (secondary N) is 2. The summed E-state index contributed by atoms with van der Waals surface area (Å²) in [6.07, 6.45) is 8.13. The molecule has 1 unspecified atom stereocenters. The van der Waals surface area contributed by atoms with E-state index in [0.29, 0.717) is 17.8 Å². The van der Waals surface area contributed by atoms with Crippen LogP contribution in [0, 0.1) is 0 Å². The van der Waals surface area contributed by atoms with Crippen LogP contribution in [-0.2, 0) is 0 Å². The lowest BCUT2D eigenvalue weighted by Crippen LogP contribution is -2.29. The monoisotopic (exact) mass is 313 g/mol. The van der Waals surface area contributed by atoms with Crippen LogP contribution in [0.1, 0.15) is 72.5 Å². The largest absolute Gasteiger partial charge is 0.344 e. The van der Waals surface area contributed by atoms with Crippen molar-refractivity contribution in [2.75, 3.05) is 0 Å². The van der Waals surface area contributed by atoms with E-state index in [9.17, 15) is 9.59 Å². The summed E-state index contributed by atoms with van der Waals surface area (Å²) < 4.78 is 1.95. The van der Waals surface area contributed by atoms with Crippen LogP contribution in [0.15, 0.2) is 23.3 Å². The lowest BCUT2D eigenvalue weighted by atomic mass is 10.2. The Morgan fingerprint density at radius 1 is 1.39 bits per heavy atom. The maximum atomic E-state index is 12.4. The Labute approximate surface area is 133 Å². The first kappa shape index (κ1) is 14.2. The van der Waals surface area contributed by atoms with Gasteiger partial charge in [-0.1, -0.05) is 0 Å². The van der Waals surface area contributed by atoms with Crippen molar-refractivity contribution in [3.05, 3.63) is 45.9 Å². The minimum absolute atomic E-state index is 0.178. The lowest BCUT2D eigenvalue weighted by molar-refractivity contribution is 0.0934. The number of carbonyl (C=O) groups is 1. The van der Waals surface area contributed by atoms with Gasteiger partial charge in [0.05, 0.1) is 18.3 Å². The smallest absolute Gasteiger partial charge is 0.270 e. The van der Waals surface area contributed by atoms with Crippen molar-refractivity contribution < 1.29 is 4.79 Å². The molecule has 1 amide bonds. The molecule has 0 aromatic carbocycles. The molecule has 23 heavy (non-hydrogen) atoms. The number of aromatic nitrogens is 4. The highest BCUT2D eigenvalue weighted by atomic mass is 16.2. The quantitative estimate of drug-likeness (QED) is 0.878. The fourth-order valence-electron chi connectivity index (χ4n) is 2.61. The van der Waals surface area contributed by atoms with E-state index in [2.05, 4.69) is 20.4 Å². The van der Waals surface area contributed by atoms with Crippen LogP contribution in [0.4, 0.5) is 0 Å². The summed E-state index contributed by atoms with van der Waals surface area (Å²) in [5.74, 6) is 0.589. The zero-order chi connectivity index (χ0) is 16.0. The van der Waals surface area contributed by atoms with E-state index in [-0.39, 0.29) is 23.2 Å². The van der Waals surface area contributed by atoms with Crippen LogP contribution < -0.4 is 10.9 Å². The number of amides is 1.